The number of nitrogens with one attached hydrogen (secondary N) is 2. The first-order valence-corrected chi connectivity index (χ1v) is 4.40. The fraction of sp³-hybridized carbons (Fsp3) is 0.0909. The van der Waals surface area contributed by atoms with E-state index in [2.05, 4.69) is 22.6 Å². The van der Waals surface area contributed by atoms with Gasteiger partial charge in [0.2, 0.25) is 0 Å². The van der Waals surface area contributed by atoms with Crippen LogP contribution in [-0.4, -0.2) is 11.8 Å². The molecule has 0 unspecified atom stereocenters. The Hall–Kier alpha value is -2.28. The van der Waals surface area contributed by atoms with Crippen LogP contribution in [0.4, 0.5) is 5.69 Å². The molecule has 0 atom stereocenters. The Labute approximate surface area is 86.7 Å². The zero-order valence-electron chi connectivity index (χ0n) is 8.05. The van der Waals surface area contributed by atoms with Gasteiger partial charge in [0, 0.05) is 6.04 Å². The average molecular weight is 200 g/mol. The third-order valence-corrected chi connectivity index (χ3v) is 2.09. The van der Waals surface area contributed by atoms with Crippen LogP contribution in [0.5, 0.6) is 0 Å². The predicted molar refractivity (Wildman–Crippen MR) is 55.3 cm³/mol. The van der Waals surface area contributed by atoms with Crippen molar-refractivity contribution in [3.05, 3.63) is 29.3 Å². The van der Waals surface area contributed by atoms with Crippen LogP contribution >= 0.6 is 0 Å². The highest BCUT2D eigenvalue weighted by Gasteiger charge is 2.28. The minimum Gasteiger partial charge on any atom is -0.314 e. The Balaban J connectivity index is 2.53. The maximum absolute atomic E-state index is 11.4. The first-order valence-electron chi connectivity index (χ1n) is 4.40. The van der Waals surface area contributed by atoms with Gasteiger partial charge in [-0.3, -0.25) is 14.9 Å². The third kappa shape index (κ3) is 1.44. The summed E-state index contributed by atoms with van der Waals surface area (Å²) in [5.41, 5.74) is 1.32. The molecule has 0 saturated carbocycles. The highest BCUT2D eigenvalue weighted by atomic mass is 16.2. The minimum atomic E-state index is -0.379. The molecular weight excluding hydrogens is 192 g/mol. The number of hydrogen-bond acceptors (Lipinski definition) is 3. The first-order chi connectivity index (χ1) is 7.24. The van der Waals surface area contributed by atoms with Crippen molar-refractivity contribution in [2.75, 3.05) is 5.32 Å². The summed E-state index contributed by atoms with van der Waals surface area (Å²) in [6.07, 6.45) is 0. The van der Waals surface area contributed by atoms with E-state index >= 15 is 0 Å². The van der Waals surface area contributed by atoms with E-state index in [0.717, 1.165) is 0 Å². The summed E-state index contributed by atoms with van der Waals surface area (Å²) in [6, 6.07) is 7.66. The van der Waals surface area contributed by atoms with Crippen molar-refractivity contribution in [3.63, 3.8) is 0 Å². The second-order valence-corrected chi connectivity index (χ2v) is 3.01. The van der Waals surface area contributed by atoms with Crippen molar-refractivity contribution in [2.45, 2.75) is 6.92 Å². The number of carbonyl (C=O) groups is 2. The molecule has 1 aliphatic heterocycles. The number of fused-ring (bicyclic) bond motifs is 1. The number of amides is 2. The van der Waals surface area contributed by atoms with E-state index in [4.69, 9.17) is 0 Å². The van der Waals surface area contributed by atoms with Crippen LogP contribution in [0.15, 0.2) is 18.2 Å². The van der Waals surface area contributed by atoms with E-state index in [0.29, 0.717) is 16.8 Å². The predicted octanol–water partition coefficient (Wildman–Crippen LogP) is 0.963. The number of carbonyl (C=O) groups excluding carboxylic acids is 2. The normalized spacial score (nSPS) is 12.6. The van der Waals surface area contributed by atoms with Crippen molar-refractivity contribution in [3.8, 4) is 12.0 Å². The molecule has 0 fully saturated rings. The van der Waals surface area contributed by atoms with Crippen molar-refractivity contribution < 1.29 is 9.59 Å². The molecule has 0 aliphatic carbocycles. The fourth-order valence-corrected chi connectivity index (χ4v) is 1.45. The van der Waals surface area contributed by atoms with Gasteiger partial charge in [-0.05, 0) is 19.1 Å². The van der Waals surface area contributed by atoms with Crippen LogP contribution in [-0.2, 0) is 0 Å². The van der Waals surface area contributed by atoms with Gasteiger partial charge in [0.25, 0.3) is 11.8 Å². The number of benzene rings is 1. The summed E-state index contributed by atoms with van der Waals surface area (Å²) in [7, 11) is 0. The molecule has 4 heteroatoms. The second-order valence-electron chi connectivity index (χ2n) is 3.01. The van der Waals surface area contributed by atoms with Gasteiger partial charge >= 0.3 is 0 Å². The summed E-state index contributed by atoms with van der Waals surface area (Å²) in [5, 5.41) is 5.00. The molecule has 1 heterocycles. The lowest BCUT2D eigenvalue weighted by Crippen LogP contribution is -2.20. The Bertz CT molecular complexity index is 509. The summed E-state index contributed by atoms with van der Waals surface area (Å²) in [5.74, 6) is 1.92. The molecule has 1 aromatic carbocycles. The standard InChI is InChI=1S/C11H8N2O2/c1-2-6-12-8-5-3-4-7-9(8)11(15)13-10(7)14/h3-5,12H,1H3,(H,13,14,15). The van der Waals surface area contributed by atoms with Gasteiger partial charge in [-0.2, -0.15) is 0 Å². The van der Waals surface area contributed by atoms with E-state index < -0.39 is 0 Å². The lowest BCUT2D eigenvalue weighted by atomic mass is 10.1. The van der Waals surface area contributed by atoms with Gasteiger partial charge < -0.3 is 5.32 Å². The fourth-order valence-electron chi connectivity index (χ4n) is 1.45. The van der Waals surface area contributed by atoms with Crippen LogP contribution in [0, 0.1) is 12.0 Å². The van der Waals surface area contributed by atoms with Crippen LogP contribution in [0.3, 0.4) is 0 Å². The first kappa shape index (κ1) is 9.28. The Morgan fingerprint density at radius 2 is 2.07 bits per heavy atom. The van der Waals surface area contributed by atoms with E-state index in [1.165, 1.54) is 0 Å². The number of imide groups is 1. The quantitative estimate of drug-likeness (QED) is 0.403. The molecule has 0 spiro atoms. The average Bonchev–Trinajstić information content (AvgIpc) is 2.53. The number of anilines is 1. The molecule has 2 amide bonds. The Morgan fingerprint density at radius 1 is 1.27 bits per heavy atom. The molecule has 1 aliphatic rings. The highest BCUT2D eigenvalue weighted by Crippen LogP contribution is 2.23. The molecule has 0 aromatic heterocycles. The van der Waals surface area contributed by atoms with Crippen LogP contribution in [0.1, 0.15) is 27.6 Å². The van der Waals surface area contributed by atoms with Crippen LogP contribution in [0.25, 0.3) is 0 Å². The molecule has 0 radical (unpaired) electrons. The zero-order chi connectivity index (χ0) is 10.8. The minimum absolute atomic E-state index is 0.358. The largest absolute Gasteiger partial charge is 0.314 e. The Morgan fingerprint density at radius 3 is 2.80 bits per heavy atom. The molecule has 74 valence electrons. The molecule has 0 bridgehead atoms. The monoisotopic (exact) mass is 200 g/mol. The van der Waals surface area contributed by atoms with Gasteiger partial charge in [-0.15, -0.1) is 0 Å². The maximum Gasteiger partial charge on any atom is 0.261 e. The van der Waals surface area contributed by atoms with Crippen molar-refractivity contribution >= 4 is 17.5 Å². The molecule has 15 heavy (non-hydrogen) atoms. The molecular formula is C11H8N2O2. The summed E-state index contributed by atoms with van der Waals surface area (Å²) < 4.78 is 0. The van der Waals surface area contributed by atoms with E-state index in [1.54, 1.807) is 25.1 Å². The van der Waals surface area contributed by atoms with E-state index in [-0.39, 0.29) is 11.8 Å². The number of rotatable bonds is 1. The lowest BCUT2D eigenvalue weighted by Gasteiger charge is -2.02. The SMILES string of the molecule is CC#CNc1cccc2c1C(=O)NC2=O. The van der Waals surface area contributed by atoms with Gasteiger partial charge in [0.05, 0.1) is 16.8 Å². The highest BCUT2D eigenvalue weighted by molar-refractivity contribution is 6.23. The van der Waals surface area contributed by atoms with Crippen molar-refractivity contribution in [1.29, 1.82) is 0 Å². The topological polar surface area (TPSA) is 58.2 Å². The molecule has 4 nitrogen and oxygen atoms in total. The van der Waals surface area contributed by atoms with Gasteiger partial charge in [-0.25, -0.2) is 0 Å². The smallest absolute Gasteiger partial charge is 0.261 e. The summed E-state index contributed by atoms with van der Waals surface area (Å²) in [4.78, 5) is 22.7. The third-order valence-electron chi connectivity index (χ3n) is 2.09. The Kier molecular flexibility index (Phi) is 2.14. The van der Waals surface area contributed by atoms with Crippen molar-refractivity contribution in [2.24, 2.45) is 0 Å². The molecule has 1 aromatic rings. The van der Waals surface area contributed by atoms with Gasteiger partial charge in [0.15, 0.2) is 0 Å². The number of hydrogen-bond donors (Lipinski definition) is 2. The van der Waals surface area contributed by atoms with Crippen LogP contribution < -0.4 is 10.6 Å². The molecule has 0 saturated heterocycles. The van der Waals surface area contributed by atoms with Gasteiger partial charge in [0.1, 0.15) is 0 Å². The van der Waals surface area contributed by atoms with Crippen molar-refractivity contribution in [1.82, 2.24) is 5.32 Å². The summed E-state index contributed by atoms with van der Waals surface area (Å²) >= 11 is 0. The maximum atomic E-state index is 11.4. The van der Waals surface area contributed by atoms with E-state index in [9.17, 15) is 9.59 Å². The second kappa shape index (κ2) is 3.46. The molecule has 2 N–H and O–H groups in total. The molecule has 2 rings (SSSR count). The van der Waals surface area contributed by atoms with E-state index in [1.807, 2.05) is 0 Å². The summed E-state index contributed by atoms with van der Waals surface area (Å²) in [6.45, 7) is 1.68. The zero-order valence-corrected chi connectivity index (χ0v) is 8.05. The van der Waals surface area contributed by atoms with Crippen LogP contribution in [0.2, 0.25) is 0 Å². The van der Waals surface area contributed by atoms with Gasteiger partial charge in [-0.1, -0.05) is 12.0 Å². The lowest BCUT2D eigenvalue weighted by molar-refractivity contribution is 0.0880.